The number of nitrogens with zero attached hydrogens (tertiary/aromatic N) is 2. The number of carbonyl (C=O) groups is 3. The Morgan fingerprint density at radius 1 is 1.52 bits per heavy atom. The lowest BCUT2D eigenvalue weighted by Crippen LogP contribution is -2.74. The largest absolute Gasteiger partial charge is 0.481 e. The highest BCUT2D eigenvalue weighted by Gasteiger charge is 2.57. The van der Waals surface area contributed by atoms with Gasteiger partial charge in [-0.05, 0) is 6.92 Å². The fraction of sp³-hybridized carbons (Fsp3) is 0.714. The zero-order chi connectivity index (χ0) is 18.0. The van der Waals surface area contributed by atoms with Gasteiger partial charge in [0.05, 0.1) is 6.54 Å². The van der Waals surface area contributed by atoms with E-state index in [1.807, 2.05) is 0 Å². The number of nitrogens with one attached hydrogen (secondary N) is 2. The van der Waals surface area contributed by atoms with Gasteiger partial charge in [0.1, 0.15) is 21.2 Å². The zero-order valence-corrected chi connectivity index (χ0v) is 16.1. The molecule has 2 unspecified atom stereocenters. The van der Waals surface area contributed by atoms with Crippen molar-refractivity contribution in [2.75, 3.05) is 36.9 Å². The molecule has 0 aromatic carbocycles. The summed E-state index contributed by atoms with van der Waals surface area (Å²) in [6, 6.07) is -0.950. The Kier molecular flexibility index (Phi) is 5.74. The van der Waals surface area contributed by atoms with E-state index >= 15 is 0 Å². The number of carboxylic acid groups (broad SMARTS) is 1. The number of fused-ring (bicyclic) bond motifs is 1. The summed E-state index contributed by atoms with van der Waals surface area (Å²) >= 11 is 4.54. The van der Waals surface area contributed by atoms with E-state index < -0.39 is 17.4 Å². The Labute approximate surface area is 158 Å². The molecule has 3 amide bonds. The van der Waals surface area contributed by atoms with Crippen LogP contribution in [0.15, 0.2) is 4.99 Å². The normalized spacial score (nSPS) is 31.0. The summed E-state index contributed by atoms with van der Waals surface area (Å²) in [6.07, 6.45) is 0. The third-order valence-electron chi connectivity index (χ3n) is 4.25. The first kappa shape index (κ1) is 18.7. The summed E-state index contributed by atoms with van der Waals surface area (Å²) in [5.74, 6) is 0.646. The van der Waals surface area contributed by atoms with Crippen molar-refractivity contribution in [1.29, 1.82) is 0 Å². The molecule has 0 aliphatic carbocycles. The molecule has 3 aliphatic heterocycles. The van der Waals surface area contributed by atoms with Crippen LogP contribution in [0.4, 0.5) is 4.79 Å². The van der Waals surface area contributed by atoms with Crippen molar-refractivity contribution in [3.8, 4) is 0 Å². The molecule has 0 aromatic heterocycles. The Hall–Kier alpha value is -1.07. The predicted octanol–water partition coefficient (Wildman–Crippen LogP) is 0.496. The molecule has 3 rings (SSSR count). The van der Waals surface area contributed by atoms with Crippen LogP contribution in [0.25, 0.3) is 0 Å². The molecule has 0 aromatic rings. The number of carboxylic acids is 1. The second-order valence-electron chi connectivity index (χ2n) is 6.02. The van der Waals surface area contributed by atoms with Gasteiger partial charge in [-0.1, -0.05) is 23.5 Å². The van der Waals surface area contributed by atoms with Gasteiger partial charge in [-0.25, -0.2) is 4.79 Å². The molecule has 3 aliphatic rings. The second-order valence-corrected chi connectivity index (χ2v) is 9.43. The van der Waals surface area contributed by atoms with Gasteiger partial charge in [0.15, 0.2) is 0 Å². The van der Waals surface area contributed by atoms with Crippen molar-refractivity contribution >= 4 is 57.6 Å². The Morgan fingerprint density at radius 3 is 2.96 bits per heavy atom. The fourth-order valence-corrected chi connectivity index (χ4v) is 6.73. The number of hydrogen-bond donors (Lipinski definition) is 3. The Bertz CT molecular complexity index is 617. The predicted molar refractivity (Wildman–Crippen MR) is 101 cm³/mol. The van der Waals surface area contributed by atoms with Crippen LogP contribution in [0.5, 0.6) is 0 Å². The molecule has 0 bridgehead atoms. The molecule has 0 spiro atoms. The number of β-lactam (4-membered cyclic amide) rings is 1. The highest BCUT2D eigenvalue weighted by Crippen LogP contribution is 2.44. The molecule has 138 valence electrons. The molecular formula is C14H20N4O4S3. The third-order valence-corrected chi connectivity index (χ3v) is 8.38. The topological polar surface area (TPSA) is 111 Å². The molecular weight excluding hydrogens is 384 g/mol. The summed E-state index contributed by atoms with van der Waals surface area (Å²) in [5, 5.41) is 14.8. The van der Waals surface area contributed by atoms with Crippen molar-refractivity contribution in [2.24, 2.45) is 10.4 Å². The van der Waals surface area contributed by atoms with Gasteiger partial charge in [-0.2, -0.15) is 0 Å². The van der Waals surface area contributed by atoms with Gasteiger partial charge in [0.25, 0.3) is 0 Å². The van der Waals surface area contributed by atoms with Crippen LogP contribution in [0, 0.1) is 5.41 Å². The first-order chi connectivity index (χ1) is 12.0. The van der Waals surface area contributed by atoms with Crippen LogP contribution in [0.3, 0.4) is 0 Å². The SMILES string of the molecule is CCNC(=O)NC1C(=O)N2CC(CSC3=NCCS3)(C(=O)O)CS[C@H]12. The van der Waals surface area contributed by atoms with E-state index in [9.17, 15) is 19.5 Å². The van der Waals surface area contributed by atoms with E-state index in [4.69, 9.17) is 0 Å². The lowest BCUT2D eigenvalue weighted by Gasteiger charge is -2.53. The van der Waals surface area contributed by atoms with Crippen molar-refractivity contribution in [3.63, 3.8) is 0 Å². The Balaban J connectivity index is 1.62. The molecule has 0 radical (unpaired) electrons. The lowest BCUT2D eigenvalue weighted by atomic mass is 9.89. The second kappa shape index (κ2) is 7.67. The summed E-state index contributed by atoms with van der Waals surface area (Å²) in [6.45, 7) is 3.24. The summed E-state index contributed by atoms with van der Waals surface area (Å²) < 4.78 is 0.929. The maximum Gasteiger partial charge on any atom is 0.315 e. The Morgan fingerprint density at radius 2 is 2.32 bits per heavy atom. The third kappa shape index (κ3) is 3.72. The molecule has 25 heavy (non-hydrogen) atoms. The van der Waals surface area contributed by atoms with Crippen LogP contribution in [-0.2, 0) is 9.59 Å². The summed E-state index contributed by atoms with van der Waals surface area (Å²) in [7, 11) is 0. The van der Waals surface area contributed by atoms with Crippen molar-refractivity contribution in [1.82, 2.24) is 15.5 Å². The molecule has 11 heteroatoms. The number of urea groups is 1. The molecule has 8 nitrogen and oxygen atoms in total. The zero-order valence-electron chi connectivity index (χ0n) is 13.7. The first-order valence-corrected chi connectivity index (χ1v) is 11.0. The quantitative estimate of drug-likeness (QED) is 0.572. The maximum atomic E-state index is 12.3. The molecule has 2 saturated heterocycles. The number of amides is 3. The van der Waals surface area contributed by atoms with Crippen LogP contribution >= 0.6 is 35.3 Å². The van der Waals surface area contributed by atoms with Gasteiger partial charge >= 0.3 is 12.0 Å². The highest BCUT2D eigenvalue weighted by molar-refractivity contribution is 8.39. The van der Waals surface area contributed by atoms with E-state index in [2.05, 4.69) is 15.6 Å². The van der Waals surface area contributed by atoms with Crippen LogP contribution in [0.1, 0.15) is 6.92 Å². The number of rotatable bonds is 5. The first-order valence-electron chi connectivity index (χ1n) is 7.97. The standard InChI is InChI=1S/C14H20N4O4S3/c1-2-15-12(22)17-8-9(19)18-5-14(11(20)21,6-24-10(8)18)7-25-13-16-3-4-23-13/h8,10H,2-7H2,1H3,(H,20,21)(H2,15,17,22)/t8?,10-,14?/m1/s1. The minimum absolute atomic E-state index is 0.178. The van der Waals surface area contributed by atoms with Crippen LogP contribution < -0.4 is 10.6 Å². The molecule has 2 fully saturated rings. The van der Waals surface area contributed by atoms with Gasteiger partial charge in [-0.15, -0.1) is 11.8 Å². The van der Waals surface area contributed by atoms with Crippen molar-refractivity contribution in [2.45, 2.75) is 18.3 Å². The maximum absolute atomic E-state index is 12.3. The van der Waals surface area contributed by atoms with E-state index in [0.717, 1.165) is 16.7 Å². The van der Waals surface area contributed by atoms with Gasteiger partial charge in [0.2, 0.25) is 5.91 Å². The van der Waals surface area contributed by atoms with E-state index in [1.54, 1.807) is 23.6 Å². The van der Waals surface area contributed by atoms with Crippen molar-refractivity contribution < 1.29 is 19.5 Å². The molecule has 3 atom stereocenters. The van der Waals surface area contributed by atoms with Gasteiger partial charge in [-0.3, -0.25) is 14.6 Å². The number of hydrogen-bond acceptors (Lipinski definition) is 7. The number of carbonyl (C=O) groups excluding carboxylic acids is 2. The van der Waals surface area contributed by atoms with E-state index in [0.29, 0.717) is 18.1 Å². The molecule has 0 saturated carbocycles. The average molecular weight is 405 g/mol. The number of aliphatic carboxylic acids is 1. The van der Waals surface area contributed by atoms with E-state index in [-0.39, 0.29) is 23.9 Å². The fourth-order valence-electron chi connectivity index (χ4n) is 2.86. The number of aliphatic imine (C=N–C) groups is 1. The molecule has 3 N–H and O–H groups in total. The smallest absolute Gasteiger partial charge is 0.315 e. The molecule has 3 heterocycles. The lowest BCUT2D eigenvalue weighted by molar-refractivity contribution is -0.155. The minimum atomic E-state index is -0.982. The van der Waals surface area contributed by atoms with Crippen LogP contribution in [0.2, 0.25) is 0 Å². The van der Waals surface area contributed by atoms with Gasteiger partial charge < -0.3 is 20.6 Å². The minimum Gasteiger partial charge on any atom is -0.481 e. The highest BCUT2D eigenvalue weighted by atomic mass is 32.2. The van der Waals surface area contributed by atoms with Crippen LogP contribution in [-0.4, -0.2) is 80.6 Å². The summed E-state index contributed by atoms with van der Waals surface area (Å²) in [4.78, 5) is 41.8. The summed E-state index contributed by atoms with van der Waals surface area (Å²) in [5.41, 5.74) is -0.982. The van der Waals surface area contributed by atoms with Crippen molar-refractivity contribution in [3.05, 3.63) is 0 Å². The average Bonchev–Trinajstić information content (AvgIpc) is 3.11. The number of thioether (sulfide) groups is 3. The van der Waals surface area contributed by atoms with E-state index in [1.165, 1.54) is 23.5 Å². The monoisotopic (exact) mass is 404 g/mol. The van der Waals surface area contributed by atoms with Gasteiger partial charge in [0, 0.05) is 30.3 Å².